The highest BCUT2D eigenvalue weighted by Gasteiger charge is 2.27. The van der Waals surface area contributed by atoms with E-state index in [1.807, 2.05) is 18.2 Å². The molecule has 0 bridgehead atoms. The third-order valence-corrected chi connectivity index (χ3v) is 7.56. The van der Waals surface area contributed by atoms with Crippen molar-refractivity contribution in [3.05, 3.63) is 74.4 Å². The standard InChI is InChI=1S/C28H35NO4S/c1-3-4-5-9-25(31)20-10-12-22(13-11-20)27-21(14-16-24(27)29-2)7-6-8-23-15-17-26(34-23)28(32)33-19-18-30/h10-13,15,17,21,25,30-31H,3-9,14,16,18-19H2,1H3/t21-,25?/m0/s1. The van der Waals surface area contributed by atoms with Crippen molar-refractivity contribution in [2.24, 2.45) is 5.92 Å². The summed E-state index contributed by atoms with van der Waals surface area (Å²) in [5, 5.41) is 19.3. The lowest BCUT2D eigenvalue weighted by Gasteiger charge is -2.17. The number of ether oxygens (including phenoxy) is 1. The van der Waals surface area contributed by atoms with Crippen molar-refractivity contribution < 1.29 is 19.7 Å². The van der Waals surface area contributed by atoms with Gasteiger partial charge >= 0.3 is 5.97 Å². The van der Waals surface area contributed by atoms with E-state index in [-0.39, 0.29) is 19.2 Å². The van der Waals surface area contributed by atoms with E-state index >= 15 is 0 Å². The summed E-state index contributed by atoms with van der Waals surface area (Å²) in [7, 11) is 0. The quantitative estimate of drug-likeness (QED) is 0.193. The number of hydrogen-bond donors (Lipinski definition) is 2. The first-order valence-electron chi connectivity index (χ1n) is 12.3. The summed E-state index contributed by atoms with van der Waals surface area (Å²) < 4.78 is 4.98. The second-order valence-electron chi connectivity index (χ2n) is 8.86. The van der Waals surface area contributed by atoms with Gasteiger partial charge in [-0.15, -0.1) is 11.3 Å². The number of allylic oxidation sites excluding steroid dienone is 2. The molecule has 2 aromatic rings. The van der Waals surface area contributed by atoms with Gasteiger partial charge in [-0.25, -0.2) is 9.64 Å². The van der Waals surface area contributed by atoms with E-state index in [9.17, 15) is 9.90 Å². The minimum atomic E-state index is -0.425. The normalized spacial score (nSPS) is 16.5. The van der Waals surface area contributed by atoms with Crippen molar-refractivity contribution in [1.29, 1.82) is 0 Å². The highest BCUT2D eigenvalue weighted by atomic mass is 32.1. The number of esters is 1. The number of thiophene rings is 1. The Kier molecular flexibility index (Phi) is 10.3. The molecule has 182 valence electrons. The van der Waals surface area contributed by atoms with E-state index in [0.29, 0.717) is 10.8 Å². The van der Waals surface area contributed by atoms with Crippen molar-refractivity contribution in [1.82, 2.24) is 0 Å². The number of unbranched alkanes of at least 4 members (excludes halogenated alkanes) is 2. The van der Waals surface area contributed by atoms with Crippen LogP contribution in [0.4, 0.5) is 0 Å². The summed E-state index contributed by atoms with van der Waals surface area (Å²) in [4.78, 5) is 17.5. The molecular weight excluding hydrogens is 446 g/mol. The van der Waals surface area contributed by atoms with E-state index in [4.69, 9.17) is 16.4 Å². The summed E-state index contributed by atoms with van der Waals surface area (Å²) in [5.74, 6) is -0.0229. The number of aliphatic hydroxyl groups is 2. The Labute approximate surface area is 206 Å². The number of aryl methyl sites for hydroxylation is 1. The molecule has 1 heterocycles. The maximum atomic E-state index is 11.9. The third kappa shape index (κ3) is 7.02. The van der Waals surface area contributed by atoms with Crippen LogP contribution >= 0.6 is 11.3 Å². The lowest BCUT2D eigenvalue weighted by atomic mass is 9.89. The molecule has 1 aliphatic carbocycles. The molecule has 1 aromatic carbocycles. The first-order valence-corrected chi connectivity index (χ1v) is 13.1. The highest BCUT2D eigenvalue weighted by molar-refractivity contribution is 7.13. The predicted molar refractivity (Wildman–Crippen MR) is 136 cm³/mol. The zero-order chi connectivity index (χ0) is 24.3. The molecule has 2 N–H and O–H groups in total. The molecule has 34 heavy (non-hydrogen) atoms. The second kappa shape index (κ2) is 13.4. The number of rotatable bonds is 13. The molecule has 0 saturated carbocycles. The van der Waals surface area contributed by atoms with Gasteiger partial charge in [0.25, 0.3) is 0 Å². The Morgan fingerprint density at radius 3 is 2.71 bits per heavy atom. The lowest BCUT2D eigenvalue weighted by molar-refractivity contribution is 0.0439. The molecule has 6 heteroatoms. The third-order valence-electron chi connectivity index (χ3n) is 6.43. The molecule has 1 unspecified atom stereocenters. The van der Waals surface area contributed by atoms with Gasteiger partial charge in [0.2, 0.25) is 0 Å². The average molecular weight is 482 g/mol. The van der Waals surface area contributed by atoms with Crippen LogP contribution in [-0.4, -0.2) is 29.4 Å². The zero-order valence-corrected chi connectivity index (χ0v) is 20.8. The van der Waals surface area contributed by atoms with Crippen LogP contribution in [0.15, 0.2) is 42.1 Å². The van der Waals surface area contributed by atoms with Gasteiger partial charge in [0.05, 0.1) is 19.3 Å². The molecule has 3 rings (SSSR count). The van der Waals surface area contributed by atoms with Crippen LogP contribution in [-0.2, 0) is 11.2 Å². The Hall–Kier alpha value is -2.46. The zero-order valence-electron chi connectivity index (χ0n) is 20.0. The van der Waals surface area contributed by atoms with Gasteiger partial charge in [-0.1, -0.05) is 56.9 Å². The second-order valence-corrected chi connectivity index (χ2v) is 10.0. The molecule has 0 radical (unpaired) electrons. The van der Waals surface area contributed by atoms with Gasteiger partial charge in [0, 0.05) is 4.88 Å². The monoisotopic (exact) mass is 481 g/mol. The minimum Gasteiger partial charge on any atom is -0.459 e. The Bertz CT molecular complexity index is 1000. The first kappa shape index (κ1) is 26.2. The first-order chi connectivity index (χ1) is 16.6. The van der Waals surface area contributed by atoms with Crippen molar-refractivity contribution in [2.75, 3.05) is 13.2 Å². The molecule has 0 spiro atoms. The van der Waals surface area contributed by atoms with Crippen molar-refractivity contribution in [3.8, 4) is 0 Å². The fraction of sp³-hybridized carbons (Fsp3) is 0.500. The van der Waals surface area contributed by atoms with Gasteiger partial charge in [-0.05, 0) is 66.9 Å². The van der Waals surface area contributed by atoms with E-state index < -0.39 is 6.10 Å². The van der Waals surface area contributed by atoms with Gasteiger partial charge in [0.15, 0.2) is 5.70 Å². The van der Waals surface area contributed by atoms with Crippen LogP contribution in [0.3, 0.4) is 0 Å². The molecule has 5 nitrogen and oxygen atoms in total. The summed E-state index contributed by atoms with van der Waals surface area (Å²) in [6, 6.07) is 11.9. The number of carbonyl (C=O) groups excluding carboxylic acids is 1. The van der Waals surface area contributed by atoms with Crippen LogP contribution in [0.5, 0.6) is 0 Å². The molecule has 1 aromatic heterocycles. The fourth-order valence-corrected chi connectivity index (χ4v) is 5.57. The van der Waals surface area contributed by atoms with Gasteiger partial charge in [0.1, 0.15) is 11.5 Å². The van der Waals surface area contributed by atoms with Crippen LogP contribution in [0.1, 0.15) is 90.1 Å². The summed E-state index contributed by atoms with van der Waals surface area (Å²) in [5.41, 5.74) is 4.08. The largest absolute Gasteiger partial charge is 0.459 e. The minimum absolute atomic E-state index is 0.0189. The molecule has 0 fully saturated rings. The molecule has 2 atom stereocenters. The smallest absolute Gasteiger partial charge is 0.348 e. The predicted octanol–water partition coefficient (Wildman–Crippen LogP) is 6.57. The fourth-order valence-electron chi connectivity index (χ4n) is 4.63. The number of benzene rings is 1. The summed E-state index contributed by atoms with van der Waals surface area (Å²) in [6.07, 6.45) is 8.37. The van der Waals surface area contributed by atoms with Crippen molar-refractivity contribution in [3.63, 3.8) is 0 Å². The summed E-state index contributed by atoms with van der Waals surface area (Å²) in [6.45, 7) is 9.66. The van der Waals surface area contributed by atoms with Gasteiger partial charge in [-0.3, -0.25) is 0 Å². The van der Waals surface area contributed by atoms with Crippen molar-refractivity contribution in [2.45, 2.75) is 70.8 Å². The van der Waals surface area contributed by atoms with Gasteiger partial charge < -0.3 is 14.9 Å². The van der Waals surface area contributed by atoms with Crippen LogP contribution in [0.25, 0.3) is 10.4 Å². The highest BCUT2D eigenvalue weighted by Crippen LogP contribution is 2.42. The maximum absolute atomic E-state index is 11.9. The maximum Gasteiger partial charge on any atom is 0.348 e. The van der Waals surface area contributed by atoms with E-state index in [1.165, 1.54) is 16.9 Å². The molecular formula is C28H35NO4S. The molecule has 1 aliphatic rings. The molecule has 0 aliphatic heterocycles. The van der Waals surface area contributed by atoms with E-state index in [2.05, 4.69) is 23.9 Å². The number of aliphatic hydroxyl groups excluding tert-OH is 2. The van der Waals surface area contributed by atoms with Crippen LogP contribution in [0.2, 0.25) is 0 Å². The van der Waals surface area contributed by atoms with Gasteiger partial charge in [-0.2, -0.15) is 0 Å². The number of nitrogens with zero attached hydrogens (tertiary/aromatic N) is 1. The Morgan fingerprint density at radius 2 is 2.00 bits per heavy atom. The molecule has 0 saturated heterocycles. The van der Waals surface area contributed by atoms with Crippen LogP contribution in [0, 0.1) is 12.5 Å². The average Bonchev–Trinajstić information content (AvgIpc) is 3.50. The number of hydrogen-bond acceptors (Lipinski definition) is 5. The lowest BCUT2D eigenvalue weighted by Crippen LogP contribution is -2.06. The number of carbonyl (C=O) groups is 1. The van der Waals surface area contributed by atoms with E-state index in [0.717, 1.165) is 79.5 Å². The SMILES string of the molecule is [C-]#[N+]C1=C(c2ccc(C(O)CCCCC)cc2)[C@@H](CCCc2ccc(C(=O)OCCO)s2)CC1. The van der Waals surface area contributed by atoms with Crippen molar-refractivity contribution >= 4 is 22.9 Å². The summed E-state index contributed by atoms with van der Waals surface area (Å²) >= 11 is 1.45. The molecule has 0 amide bonds. The topological polar surface area (TPSA) is 71.1 Å². The van der Waals surface area contributed by atoms with E-state index in [1.54, 1.807) is 6.07 Å². The van der Waals surface area contributed by atoms with Crippen LogP contribution < -0.4 is 0 Å². The Morgan fingerprint density at radius 1 is 1.21 bits per heavy atom. The Balaban J connectivity index is 1.59.